The van der Waals surface area contributed by atoms with Crippen LogP contribution in [0, 0.1) is 19.9 Å². The lowest BCUT2D eigenvalue weighted by Crippen LogP contribution is -2.50. The van der Waals surface area contributed by atoms with Gasteiger partial charge < -0.3 is 0 Å². The van der Waals surface area contributed by atoms with Crippen molar-refractivity contribution in [2.24, 2.45) is 0 Å². The van der Waals surface area contributed by atoms with Gasteiger partial charge in [0.15, 0.2) is 0 Å². The van der Waals surface area contributed by atoms with E-state index in [1.54, 1.807) is 0 Å². The molecule has 0 spiro atoms. The largest absolute Gasteiger partial charge is 0.435 e. The van der Waals surface area contributed by atoms with Gasteiger partial charge in [-0.15, -0.1) is 0 Å². The summed E-state index contributed by atoms with van der Waals surface area (Å²) in [5.74, 6) is 0. The normalized spacial score (nSPS) is 13.2. The molecule has 0 aliphatic carbocycles. The third kappa shape index (κ3) is 3.31. The van der Waals surface area contributed by atoms with Crippen LogP contribution in [0.25, 0.3) is 11.1 Å². The molecule has 0 atom stereocenters. The van der Waals surface area contributed by atoms with E-state index in [1.807, 2.05) is 0 Å². The van der Waals surface area contributed by atoms with Crippen LogP contribution in [0.1, 0.15) is 16.7 Å². The molecule has 0 bridgehead atoms. The summed E-state index contributed by atoms with van der Waals surface area (Å²) < 4.78 is 93.7. The van der Waals surface area contributed by atoms with E-state index in [-0.39, 0.29) is 21.8 Å². The van der Waals surface area contributed by atoms with Crippen LogP contribution in [0.2, 0.25) is 5.15 Å². The molecule has 0 unspecified atom stereocenters. The highest BCUT2D eigenvalue weighted by molar-refractivity contribution is 6.29. The molecule has 9 heteroatoms. The molecule has 0 saturated carbocycles. The first-order valence-corrected chi connectivity index (χ1v) is 7.15. The minimum Gasteiger partial charge on any atom is -0.245 e. The number of halogens is 8. The van der Waals surface area contributed by atoms with E-state index in [1.165, 1.54) is 13.8 Å². The molecule has 135 valence electrons. The first kappa shape index (κ1) is 19.5. The Labute approximate surface area is 143 Å². The molecular formula is C16H10ClF7N. The zero-order chi connectivity index (χ0) is 19.2. The fourth-order valence-corrected chi connectivity index (χ4v) is 2.73. The SMILES string of the molecule is Cc1[c]c(C)c(-c2ccnc(Cl)c2)c(C(F)(C(F)(F)F)C(F)(F)F)c1. The summed E-state index contributed by atoms with van der Waals surface area (Å²) in [4.78, 5) is 3.62. The lowest BCUT2D eigenvalue weighted by atomic mass is 9.83. The van der Waals surface area contributed by atoms with Crippen molar-refractivity contribution in [2.45, 2.75) is 31.9 Å². The number of rotatable bonds is 2. The van der Waals surface area contributed by atoms with Crippen molar-refractivity contribution in [3.63, 3.8) is 0 Å². The highest BCUT2D eigenvalue weighted by atomic mass is 35.5. The molecule has 2 rings (SSSR count). The highest BCUT2D eigenvalue weighted by Crippen LogP contribution is 2.55. The van der Waals surface area contributed by atoms with Crippen molar-refractivity contribution in [3.8, 4) is 11.1 Å². The number of benzene rings is 1. The standard InChI is InChI=1S/C16H10ClF7N/c1-8-5-9(2)13(10-3-4-25-12(17)7-10)11(6-8)14(18,15(19,20)21)16(22,23)24/h3-4,6-7H,1-2H3. The van der Waals surface area contributed by atoms with Crippen LogP contribution in [0.5, 0.6) is 0 Å². The summed E-state index contributed by atoms with van der Waals surface area (Å²) in [5, 5.41) is -0.160. The Balaban J connectivity index is 2.94. The fourth-order valence-electron chi connectivity index (χ4n) is 2.55. The average Bonchev–Trinajstić information content (AvgIpc) is 2.43. The second kappa shape index (κ2) is 6.16. The van der Waals surface area contributed by atoms with Gasteiger partial charge in [0.05, 0.1) is 0 Å². The second-order valence-electron chi connectivity index (χ2n) is 5.39. The average molecular weight is 385 g/mol. The van der Waals surface area contributed by atoms with Crippen molar-refractivity contribution in [3.05, 3.63) is 52.3 Å². The third-order valence-electron chi connectivity index (χ3n) is 3.56. The molecular weight excluding hydrogens is 375 g/mol. The molecule has 0 N–H and O–H groups in total. The molecule has 0 aliphatic heterocycles. The smallest absolute Gasteiger partial charge is 0.245 e. The maximum atomic E-state index is 14.6. The number of alkyl halides is 7. The Kier molecular flexibility index (Phi) is 4.80. The molecule has 0 saturated heterocycles. The minimum absolute atomic E-state index is 0.0630. The first-order chi connectivity index (χ1) is 11.3. The first-order valence-electron chi connectivity index (χ1n) is 6.77. The Morgan fingerprint density at radius 1 is 0.960 bits per heavy atom. The van der Waals surface area contributed by atoms with Gasteiger partial charge in [0.1, 0.15) is 5.15 Å². The third-order valence-corrected chi connectivity index (χ3v) is 3.76. The summed E-state index contributed by atoms with van der Waals surface area (Å²) in [7, 11) is 0. The van der Waals surface area contributed by atoms with Crippen LogP contribution >= 0.6 is 11.6 Å². The van der Waals surface area contributed by atoms with E-state index in [9.17, 15) is 30.7 Å². The molecule has 1 aromatic carbocycles. The lowest BCUT2D eigenvalue weighted by Gasteiger charge is -2.32. The number of hydrogen-bond donors (Lipinski definition) is 0. The number of aromatic nitrogens is 1. The van der Waals surface area contributed by atoms with Crippen molar-refractivity contribution >= 4 is 11.6 Å². The zero-order valence-electron chi connectivity index (χ0n) is 12.8. The van der Waals surface area contributed by atoms with Gasteiger partial charge in [-0.05, 0) is 54.3 Å². The lowest BCUT2D eigenvalue weighted by molar-refractivity contribution is -0.348. The maximum Gasteiger partial charge on any atom is 0.435 e. The van der Waals surface area contributed by atoms with E-state index in [0.717, 1.165) is 18.3 Å². The summed E-state index contributed by atoms with van der Waals surface area (Å²) in [6.07, 6.45) is -11.3. The topological polar surface area (TPSA) is 12.9 Å². The highest BCUT2D eigenvalue weighted by Gasteiger charge is 2.74. The van der Waals surface area contributed by atoms with E-state index in [2.05, 4.69) is 11.1 Å². The van der Waals surface area contributed by atoms with E-state index in [0.29, 0.717) is 6.07 Å². The molecule has 0 aliphatic rings. The quantitative estimate of drug-likeness (QED) is 0.450. The second-order valence-corrected chi connectivity index (χ2v) is 5.77. The van der Waals surface area contributed by atoms with Gasteiger partial charge in [0, 0.05) is 11.8 Å². The number of pyridine rings is 1. The van der Waals surface area contributed by atoms with E-state index in [4.69, 9.17) is 11.6 Å². The van der Waals surface area contributed by atoms with Crippen LogP contribution in [0.15, 0.2) is 24.4 Å². The fraction of sp³-hybridized carbons (Fsp3) is 0.312. The predicted octanol–water partition coefficient (Wildman–Crippen LogP) is 6.11. The maximum absolute atomic E-state index is 14.6. The molecule has 0 fully saturated rings. The molecule has 1 aromatic heterocycles. The van der Waals surface area contributed by atoms with Crippen LogP contribution in [0.3, 0.4) is 0 Å². The van der Waals surface area contributed by atoms with Crippen LogP contribution < -0.4 is 0 Å². The van der Waals surface area contributed by atoms with E-state index >= 15 is 0 Å². The van der Waals surface area contributed by atoms with Crippen LogP contribution in [-0.4, -0.2) is 17.3 Å². The Hall–Kier alpha value is -1.83. The summed E-state index contributed by atoms with van der Waals surface area (Å²) >= 11 is 5.67. The molecule has 1 radical (unpaired) electrons. The number of aryl methyl sites for hydroxylation is 2. The van der Waals surface area contributed by atoms with Gasteiger partial charge >= 0.3 is 18.0 Å². The van der Waals surface area contributed by atoms with E-state index < -0.39 is 29.1 Å². The molecule has 0 amide bonds. The van der Waals surface area contributed by atoms with Crippen molar-refractivity contribution in [2.75, 3.05) is 0 Å². The minimum atomic E-state index is -6.21. The van der Waals surface area contributed by atoms with Gasteiger partial charge in [-0.3, -0.25) is 0 Å². The predicted molar refractivity (Wildman–Crippen MR) is 77.9 cm³/mol. The van der Waals surface area contributed by atoms with Crippen LogP contribution in [0.4, 0.5) is 30.7 Å². The molecule has 1 heterocycles. The van der Waals surface area contributed by atoms with Gasteiger partial charge in [-0.1, -0.05) is 17.7 Å². The molecule has 1 nitrogen and oxygen atoms in total. The van der Waals surface area contributed by atoms with Crippen molar-refractivity contribution in [1.29, 1.82) is 0 Å². The Bertz CT molecular complexity index is 782. The summed E-state index contributed by atoms with van der Waals surface area (Å²) in [6, 6.07) is 5.31. The zero-order valence-corrected chi connectivity index (χ0v) is 13.5. The number of nitrogens with zero attached hydrogens (tertiary/aromatic N) is 1. The summed E-state index contributed by atoms with van der Waals surface area (Å²) in [5.41, 5.74) is -7.94. The Morgan fingerprint density at radius 3 is 2.00 bits per heavy atom. The summed E-state index contributed by atoms with van der Waals surface area (Å²) in [6.45, 7) is 2.47. The Morgan fingerprint density at radius 2 is 1.52 bits per heavy atom. The monoisotopic (exact) mass is 384 g/mol. The van der Waals surface area contributed by atoms with Crippen LogP contribution in [-0.2, 0) is 5.67 Å². The van der Waals surface area contributed by atoms with Gasteiger partial charge in [0.2, 0.25) is 0 Å². The van der Waals surface area contributed by atoms with Crippen molar-refractivity contribution in [1.82, 2.24) is 4.98 Å². The van der Waals surface area contributed by atoms with Gasteiger partial charge in [-0.25, -0.2) is 9.37 Å². The van der Waals surface area contributed by atoms with Gasteiger partial charge in [0.25, 0.3) is 0 Å². The molecule has 2 aromatic rings. The number of hydrogen-bond acceptors (Lipinski definition) is 1. The van der Waals surface area contributed by atoms with Gasteiger partial charge in [-0.2, -0.15) is 26.3 Å². The van der Waals surface area contributed by atoms with Crippen molar-refractivity contribution < 1.29 is 30.7 Å². The molecule has 25 heavy (non-hydrogen) atoms.